The van der Waals surface area contributed by atoms with Crippen molar-refractivity contribution < 1.29 is 8.42 Å². The van der Waals surface area contributed by atoms with Crippen LogP contribution < -0.4 is 5.32 Å². The van der Waals surface area contributed by atoms with Crippen molar-refractivity contribution in [3.8, 4) is 0 Å². The Morgan fingerprint density at radius 3 is 2.33 bits per heavy atom. The summed E-state index contributed by atoms with van der Waals surface area (Å²) in [6.07, 6.45) is 2.04. The van der Waals surface area contributed by atoms with Gasteiger partial charge in [0.05, 0.1) is 5.75 Å². The molecule has 0 saturated heterocycles. The zero-order valence-corrected chi connectivity index (χ0v) is 12.6. The third-order valence-corrected chi connectivity index (χ3v) is 5.16. The predicted octanol–water partition coefficient (Wildman–Crippen LogP) is 1.39. The molecule has 6 heteroatoms. The minimum Gasteiger partial charge on any atom is -0.312 e. The van der Waals surface area contributed by atoms with Crippen molar-refractivity contribution >= 4 is 21.8 Å². The average Bonchev–Trinajstić information content (AvgIpc) is 2.35. The van der Waals surface area contributed by atoms with Crippen LogP contribution in [0.15, 0.2) is 29.2 Å². The molecule has 102 valence electrons. The van der Waals surface area contributed by atoms with Crippen LogP contribution in [0.4, 0.5) is 0 Å². The van der Waals surface area contributed by atoms with Crippen LogP contribution in [-0.2, 0) is 16.6 Å². The Bertz CT molecular complexity index is 455. The van der Waals surface area contributed by atoms with Gasteiger partial charge in [-0.1, -0.05) is 12.1 Å². The monoisotopic (exact) mass is 288 g/mol. The van der Waals surface area contributed by atoms with Crippen LogP contribution in [-0.4, -0.2) is 45.4 Å². The first kappa shape index (κ1) is 15.5. The van der Waals surface area contributed by atoms with E-state index in [9.17, 15) is 8.42 Å². The van der Waals surface area contributed by atoms with Crippen LogP contribution in [0.5, 0.6) is 0 Å². The number of benzene rings is 1. The zero-order chi connectivity index (χ0) is 13.6. The van der Waals surface area contributed by atoms with E-state index in [1.54, 1.807) is 25.9 Å². The van der Waals surface area contributed by atoms with Gasteiger partial charge in [0.15, 0.2) is 0 Å². The number of nitrogens with zero attached hydrogens (tertiary/aromatic N) is 1. The molecule has 1 rings (SSSR count). The first-order valence-corrected chi connectivity index (χ1v) is 8.53. The van der Waals surface area contributed by atoms with Crippen molar-refractivity contribution in [1.29, 1.82) is 0 Å². The second kappa shape index (κ2) is 7.13. The van der Waals surface area contributed by atoms with Gasteiger partial charge in [-0.15, -0.1) is 11.8 Å². The molecular weight excluding hydrogens is 268 g/mol. The van der Waals surface area contributed by atoms with Crippen LogP contribution in [0.1, 0.15) is 5.56 Å². The van der Waals surface area contributed by atoms with Crippen molar-refractivity contribution in [2.75, 3.05) is 32.6 Å². The lowest BCUT2D eigenvalue weighted by atomic mass is 10.2. The van der Waals surface area contributed by atoms with Gasteiger partial charge in [0.25, 0.3) is 0 Å². The molecule has 0 unspecified atom stereocenters. The molecule has 1 aromatic carbocycles. The first-order valence-electron chi connectivity index (χ1n) is 5.69. The molecule has 0 aliphatic carbocycles. The van der Waals surface area contributed by atoms with Crippen LogP contribution in [0.25, 0.3) is 0 Å². The Hall–Kier alpha value is -0.560. The number of hydrogen-bond donors (Lipinski definition) is 1. The molecule has 0 fully saturated rings. The van der Waals surface area contributed by atoms with E-state index in [2.05, 4.69) is 29.6 Å². The maximum atomic E-state index is 11.5. The van der Waals surface area contributed by atoms with Gasteiger partial charge in [0, 0.05) is 32.1 Å². The number of hydrogen-bond acceptors (Lipinski definition) is 4. The summed E-state index contributed by atoms with van der Waals surface area (Å²) in [4.78, 5) is 1.23. The molecule has 0 saturated carbocycles. The van der Waals surface area contributed by atoms with E-state index >= 15 is 0 Å². The van der Waals surface area contributed by atoms with Crippen molar-refractivity contribution in [1.82, 2.24) is 9.62 Å². The Balaban J connectivity index is 2.34. The van der Waals surface area contributed by atoms with E-state index < -0.39 is 10.0 Å². The fourth-order valence-electron chi connectivity index (χ4n) is 1.36. The predicted molar refractivity (Wildman–Crippen MR) is 77.4 cm³/mol. The average molecular weight is 288 g/mol. The second-order valence-electron chi connectivity index (χ2n) is 4.12. The smallest absolute Gasteiger partial charge is 0.214 e. The molecule has 0 atom stereocenters. The Morgan fingerprint density at radius 2 is 1.83 bits per heavy atom. The molecule has 0 bridgehead atoms. The summed E-state index contributed by atoms with van der Waals surface area (Å²) < 4.78 is 24.3. The van der Waals surface area contributed by atoms with E-state index in [1.165, 1.54) is 9.20 Å². The van der Waals surface area contributed by atoms with Gasteiger partial charge in [0.2, 0.25) is 10.0 Å². The molecule has 1 aromatic rings. The highest BCUT2D eigenvalue weighted by Crippen LogP contribution is 2.14. The van der Waals surface area contributed by atoms with E-state index in [0.29, 0.717) is 13.1 Å². The topological polar surface area (TPSA) is 49.4 Å². The molecule has 0 amide bonds. The largest absolute Gasteiger partial charge is 0.312 e. The van der Waals surface area contributed by atoms with E-state index in [-0.39, 0.29) is 5.75 Å². The summed E-state index contributed by atoms with van der Waals surface area (Å²) in [5.41, 5.74) is 1.16. The standard InChI is InChI=1S/C12H20N2O2S2/c1-14(2)18(15,16)9-8-13-10-11-4-6-12(17-3)7-5-11/h4-7,13H,8-10H2,1-3H3. The van der Waals surface area contributed by atoms with Gasteiger partial charge < -0.3 is 5.32 Å². The third kappa shape index (κ3) is 4.97. The molecular formula is C12H20N2O2S2. The summed E-state index contributed by atoms with van der Waals surface area (Å²) in [6.45, 7) is 1.16. The lowest BCUT2D eigenvalue weighted by molar-refractivity contribution is 0.517. The molecule has 0 radical (unpaired) electrons. The molecule has 0 aliphatic rings. The quantitative estimate of drug-likeness (QED) is 0.608. The van der Waals surface area contributed by atoms with Gasteiger partial charge in [-0.25, -0.2) is 12.7 Å². The van der Waals surface area contributed by atoms with E-state index in [0.717, 1.165) is 5.56 Å². The highest BCUT2D eigenvalue weighted by molar-refractivity contribution is 7.98. The normalized spacial score (nSPS) is 12.0. The van der Waals surface area contributed by atoms with E-state index in [1.807, 2.05) is 6.26 Å². The van der Waals surface area contributed by atoms with Crippen molar-refractivity contribution in [2.45, 2.75) is 11.4 Å². The maximum absolute atomic E-state index is 11.5. The Kier molecular flexibility index (Phi) is 6.14. The number of nitrogens with one attached hydrogen (secondary N) is 1. The summed E-state index contributed by atoms with van der Waals surface area (Å²) in [5, 5.41) is 3.14. The zero-order valence-electron chi connectivity index (χ0n) is 11.0. The highest BCUT2D eigenvalue weighted by atomic mass is 32.2. The molecule has 0 aliphatic heterocycles. The van der Waals surface area contributed by atoms with Crippen LogP contribution in [0.3, 0.4) is 0 Å². The van der Waals surface area contributed by atoms with Crippen LogP contribution in [0, 0.1) is 0 Å². The molecule has 0 spiro atoms. The molecule has 0 aromatic heterocycles. The minimum atomic E-state index is -3.10. The molecule has 18 heavy (non-hydrogen) atoms. The Labute approximate surface area is 114 Å². The molecule has 4 nitrogen and oxygen atoms in total. The summed E-state index contributed by atoms with van der Waals surface area (Å²) in [5.74, 6) is 0.128. The fourth-order valence-corrected chi connectivity index (χ4v) is 2.54. The number of rotatable bonds is 7. The highest BCUT2D eigenvalue weighted by Gasteiger charge is 2.12. The van der Waals surface area contributed by atoms with Crippen LogP contribution in [0.2, 0.25) is 0 Å². The summed E-state index contributed by atoms with van der Waals surface area (Å²) >= 11 is 1.71. The van der Waals surface area contributed by atoms with Gasteiger partial charge in [-0.2, -0.15) is 0 Å². The molecule has 0 heterocycles. The third-order valence-electron chi connectivity index (χ3n) is 2.58. The number of sulfonamides is 1. The van der Waals surface area contributed by atoms with Crippen molar-refractivity contribution in [3.63, 3.8) is 0 Å². The summed E-state index contributed by atoms with van der Waals surface area (Å²) in [7, 11) is 0.00831. The number of thioether (sulfide) groups is 1. The minimum absolute atomic E-state index is 0.128. The van der Waals surface area contributed by atoms with Crippen molar-refractivity contribution in [2.24, 2.45) is 0 Å². The lowest BCUT2D eigenvalue weighted by Gasteiger charge is -2.11. The molecule has 1 N–H and O–H groups in total. The van der Waals surface area contributed by atoms with Crippen molar-refractivity contribution in [3.05, 3.63) is 29.8 Å². The van der Waals surface area contributed by atoms with Crippen LogP contribution >= 0.6 is 11.8 Å². The second-order valence-corrected chi connectivity index (χ2v) is 7.31. The van der Waals surface area contributed by atoms with Gasteiger partial charge in [-0.3, -0.25) is 0 Å². The SMILES string of the molecule is CSc1ccc(CNCCS(=O)(=O)N(C)C)cc1. The fraction of sp³-hybridized carbons (Fsp3) is 0.500. The Morgan fingerprint density at radius 1 is 1.22 bits per heavy atom. The van der Waals surface area contributed by atoms with Gasteiger partial charge in [0.1, 0.15) is 0 Å². The lowest BCUT2D eigenvalue weighted by Crippen LogP contribution is -2.30. The van der Waals surface area contributed by atoms with Gasteiger partial charge in [-0.05, 0) is 24.0 Å². The van der Waals surface area contributed by atoms with E-state index in [4.69, 9.17) is 0 Å². The maximum Gasteiger partial charge on any atom is 0.214 e. The first-order chi connectivity index (χ1) is 8.45. The van der Waals surface area contributed by atoms with Gasteiger partial charge >= 0.3 is 0 Å². The summed E-state index contributed by atoms with van der Waals surface area (Å²) in [6, 6.07) is 8.25.